The number of methoxy groups -OCH3 is 1. The summed E-state index contributed by atoms with van der Waals surface area (Å²) in [5.74, 6) is 0.481. The van der Waals surface area contributed by atoms with E-state index in [0.29, 0.717) is 18.0 Å². The molecule has 176 valence electrons. The number of rotatable bonds is 6. The molecule has 0 saturated heterocycles. The summed E-state index contributed by atoms with van der Waals surface area (Å²) in [4.78, 5) is 30.8. The van der Waals surface area contributed by atoms with Crippen LogP contribution in [0.25, 0.3) is 0 Å². The van der Waals surface area contributed by atoms with E-state index in [1.165, 1.54) is 0 Å². The Labute approximate surface area is 205 Å². The molecule has 2 amide bonds. The summed E-state index contributed by atoms with van der Waals surface area (Å²) < 4.78 is 5.22. The Morgan fingerprint density at radius 2 is 1.71 bits per heavy atom. The number of carbonyl (C=O) groups is 2. The number of likely N-dealkylation sites (N-methyl/N-ethyl adjacent to an activating group) is 1. The molecule has 0 radical (unpaired) electrons. The van der Waals surface area contributed by atoms with Crippen molar-refractivity contribution < 1.29 is 14.3 Å². The summed E-state index contributed by atoms with van der Waals surface area (Å²) in [6.45, 7) is 4.53. The number of ether oxygens (including phenoxy) is 1. The Bertz CT molecular complexity index is 1160. The lowest BCUT2D eigenvalue weighted by Crippen LogP contribution is -2.47. The van der Waals surface area contributed by atoms with Gasteiger partial charge in [-0.05, 0) is 73.9 Å². The zero-order valence-electron chi connectivity index (χ0n) is 19.7. The number of para-hydroxylation sites is 1. The molecular formula is C28H29ClN2O3. The molecule has 1 aliphatic heterocycles. The minimum atomic E-state index is -0.327. The van der Waals surface area contributed by atoms with Crippen molar-refractivity contribution in [1.82, 2.24) is 0 Å². The van der Waals surface area contributed by atoms with Gasteiger partial charge in [-0.15, -0.1) is 0 Å². The minimum absolute atomic E-state index is 0.0149. The number of nitrogens with zero attached hydrogens (tertiary/aromatic N) is 2. The number of carbonyl (C=O) groups excluding carboxylic acids is 2. The lowest BCUT2D eigenvalue weighted by molar-refractivity contribution is -0.122. The van der Waals surface area contributed by atoms with Crippen molar-refractivity contribution in [3.63, 3.8) is 0 Å². The number of anilines is 2. The molecule has 0 bridgehead atoms. The molecule has 0 aliphatic carbocycles. The quantitative estimate of drug-likeness (QED) is 0.448. The van der Waals surface area contributed by atoms with Gasteiger partial charge in [0, 0.05) is 29.0 Å². The molecule has 2 atom stereocenters. The third kappa shape index (κ3) is 4.80. The monoisotopic (exact) mass is 476 g/mol. The second kappa shape index (κ2) is 10.3. The maximum Gasteiger partial charge on any atom is 0.234 e. The van der Waals surface area contributed by atoms with E-state index in [1.54, 1.807) is 24.1 Å². The molecule has 0 N–H and O–H groups in total. The van der Waals surface area contributed by atoms with Gasteiger partial charge in [0.15, 0.2) is 0 Å². The fourth-order valence-electron chi connectivity index (χ4n) is 4.70. The Morgan fingerprint density at radius 3 is 2.35 bits per heavy atom. The summed E-state index contributed by atoms with van der Waals surface area (Å²) >= 11 is 6.05. The van der Waals surface area contributed by atoms with Crippen molar-refractivity contribution in [3.05, 3.63) is 88.9 Å². The predicted molar refractivity (Wildman–Crippen MR) is 137 cm³/mol. The van der Waals surface area contributed by atoms with Crippen molar-refractivity contribution in [2.75, 3.05) is 23.5 Å². The van der Waals surface area contributed by atoms with Gasteiger partial charge in [-0.25, -0.2) is 0 Å². The Balaban J connectivity index is 1.61. The first kappa shape index (κ1) is 23.8. The fraction of sp³-hybridized carbons (Fsp3) is 0.286. The SMILES string of the molecule is CCN(C(=O)[C@H]1C[C@@H](C)N(C(=O)Cc2ccc(OC)cc2)c2ccccc21)c1ccc(Cl)cc1. The van der Waals surface area contributed by atoms with E-state index in [2.05, 4.69) is 0 Å². The van der Waals surface area contributed by atoms with Crippen LogP contribution in [0.3, 0.4) is 0 Å². The summed E-state index contributed by atoms with van der Waals surface area (Å²) in [6, 6.07) is 22.5. The predicted octanol–water partition coefficient (Wildman–Crippen LogP) is 5.85. The average Bonchev–Trinajstić information content (AvgIpc) is 2.85. The van der Waals surface area contributed by atoms with E-state index in [4.69, 9.17) is 16.3 Å². The molecule has 5 nitrogen and oxygen atoms in total. The standard InChI is InChI=1S/C28H29ClN2O3/c1-4-30(22-13-11-21(29)12-14-22)28(33)25-17-19(2)31(26-8-6-5-7-24(25)26)27(32)18-20-9-15-23(34-3)16-10-20/h5-16,19,25H,4,17-18H2,1-3H3/t19-,25+/m1/s1. The van der Waals surface area contributed by atoms with Crippen molar-refractivity contribution in [2.45, 2.75) is 38.6 Å². The van der Waals surface area contributed by atoms with Gasteiger partial charge in [0.25, 0.3) is 0 Å². The molecule has 0 aromatic heterocycles. The molecule has 1 heterocycles. The number of benzene rings is 3. The van der Waals surface area contributed by atoms with Gasteiger partial charge < -0.3 is 14.5 Å². The van der Waals surface area contributed by atoms with Crippen molar-refractivity contribution in [3.8, 4) is 5.75 Å². The molecule has 3 aromatic rings. The first-order valence-corrected chi connectivity index (χ1v) is 11.9. The summed E-state index contributed by atoms with van der Waals surface area (Å²) in [5, 5.41) is 0.634. The second-order valence-corrected chi connectivity index (χ2v) is 8.98. The van der Waals surface area contributed by atoms with Gasteiger partial charge in [0.05, 0.1) is 19.4 Å². The molecular weight excluding hydrogens is 448 g/mol. The van der Waals surface area contributed by atoms with Crippen LogP contribution >= 0.6 is 11.6 Å². The molecule has 0 saturated carbocycles. The summed E-state index contributed by atoms with van der Waals surface area (Å²) in [7, 11) is 1.62. The average molecular weight is 477 g/mol. The van der Waals surface area contributed by atoms with Crippen LogP contribution in [0.15, 0.2) is 72.8 Å². The molecule has 4 rings (SSSR count). The summed E-state index contributed by atoms with van der Waals surface area (Å²) in [5.41, 5.74) is 3.44. The summed E-state index contributed by atoms with van der Waals surface area (Å²) in [6.07, 6.45) is 0.849. The molecule has 3 aromatic carbocycles. The van der Waals surface area contributed by atoms with Crippen LogP contribution in [0, 0.1) is 0 Å². The molecule has 0 spiro atoms. The third-order valence-corrected chi connectivity index (χ3v) is 6.64. The molecule has 34 heavy (non-hydrogen) atoms. The number of hydrogen-bond donors (Lipinski definition) is 0. The van der Waals surface area contributed by atoms with E-state index < -0.39 is 0 Å². The fourth-order valence-corrected chi connectivity index (χ4v) is 4.83. The van der Waals surface area contributed by atoms with Crippen LogP contribution in [0.5, 0.6) is 5.75 Å². The Hall–Kier alpha value is -3.31. The zero-order chi connectivity index (χ0) is 24.2. The van der Waals surface area contributed by atoms with E-state index >= 15 is 0 Å². The minimum Gasteiger partial charge on any atom is -0.497 e. The number of hydrogen-bond acceptors (Lipinski definition) is 3. The molecule has 0 unspecified atom stereocenters. The lowest BCUT2D eigenvalue weighted by Gasteiger charge is -2.40. The number of halogens is 1. The van der Waals surface area contributed by atoms with Crippen LogP contribution < -0.4 is 14.5 Å². The first-order valence-electron chi connectivity index (χ1n) is 11.5. The van der Waals surface area contributed by atoms with Crippen LogP contribution in [0.4, 0.5) is 11.4 Å². The highest BCUT2D eigenvalue weighted by Gasteiger charge is 2.38. The van der Waals surface area contributed by atoms with Gasteiger partial charge in [0.2, 0.25) is 11.8 Å². The molecule has 1 aliphatic rings. The third-order valence-electron chi connectivity index (χ3n) is 6.39. The highest BCUT2D eigenvalue weighted by molar-refractivity contribution is 6.30. The van der Waals surface area contributed by atoms with Gasteiger partial charge in [-0.1, -0.05) is 41.9 Å². The lowest BCUT2D eigenvalue weighted by atomic mass is 9.84. The van der Waals surface area contributed by atoms with Crippen molar-refractivity contribution >= 4 is 34.8 Å². The van der Waals surface area contributed by atoms with Crippen LogP contribution in [-0.2, 0) is 16.0 Å². The van der Waals surface area contributed by atoms with E-state index in [1.807, 2.05) is 79.4 Å². The molecule has 6 heteroatoms. The highest BCUT2D eigenvalue weighted by atomic mass is 35.5. The molecule has 0 fully saturated rings. The maximum atomic E-state index is 13.7. The smallest absolute Gasteiger partial charge is 0.234 e. The van der Waals surface area contributed by atoms with Gasteiger partial charge >= 0.3 is 0 Å². The van der Waals surface area contributed by atoms with Crippen molar-refractivity contribution in [2.24, 2.45) is 0 Å². The van der Waals surface area contributed by atoms with Gasteiger partial charge in [0.1, 0.15) is 5.75 Å². The second-order valence-electron chi connectivity index (χ2n) is 8.54. The Kier molecular flexibility index (Phi) is 7.23. The van der Waals surface area contributed by atoms with E-state index in [9.17, 15) is 9.59 Å². The first-order chi connectivity index (χ1) is 16.4. The van der Waals surface area contributed by atoms with E-state index in [-0.39, 0.29) is 30.2 Å². The number of fused-ring (bicyclic) bond motifs is 1. The van der Waals surface area contributed by atoms with Gasteiger partial charge in [-0.3, -0.25) is 9.59 Å². The van der Waals surface area contributed by atoms with Gasteiger partial charge in [-0.2, -0.15) is 0 Å². The van der Waals surface area contributed by atoms with Crippen LogP contribution in [-0.4, -0.2) is 31.5 Å². The van der Waals surface area contributed by atoms with Crippen LogP contribution in [0.2, 0.25) is 5.02 Å². The topological polar surface area (TPSA) is 49.9 Å². The Morgan fingerprint density at radius 1 is 1.03 bits per heavy atom. The maximum absolute atomic E-state index is 13.7. The normalized spacial score (nSPS) is 17.1. The zero-order valence-corrected chi connectivity index (χ0v) is 20.5. The largest absolute Gasteiger partial charge is 0.497 e. The van der Waals surface area contributed by atoms with E-state index in [0.717, 1.165) is 28.3 Å². The van der Waals surface area contributed by atoms with Crippen LogP contribution in [0.1, 0.15) is 37.3 Å². The number of amides is 2. The highest BCUT2D eigenvalue weighted by Crippen LogP contribution is 2.40. The van der Waals surface area contributed by atoms with Crippen molar-refractivity contribution in [1.29, 1.82) is 0 Å².